The zero-order valence-electron chi connectivity index (χ0n) is 10.3. The van der Waals surface area contributed by atoms with E-state index in [1.807, 2.05) is 0 Å². The smallest absolute Gasteiger partial charge is 0.258 e. The number of benzene rings is 1. The second-order valence-electron chi connectivity index (χ2n) is 3.74. The Balaban J connectivity index is 2.18. The van der Waals surface area contributed by atoms with Gasteiger partial charge in [0.1, 0.15) is 18.8 Å². The lowest BCUT2D eigenvalue weighted by atomic mass is 10.1. The molecule has 1 aromatic heterocycles. The number of carbonyl (C=O) groups excluding carboxylic acids is 1. The summed E-state index contributed by atoms with van der Waals surface area (Å²) in [6, 6.07) is 3.97. The van der Waals surface area contributed by atoms with Gasteiger partial charge in [0.25, 0.3) is 5.91 Å². The topological polar surface area (TPSA) is 75.1 Å². The number of nitrogens with zero attached hydrogens (tertiary/aromatic N) is 2. The lowest BCUT2D eigenvalue weighted by molar-refractivity contribution is 0.102. The third-order valence-electron chi connectivity index (χ3n) is 2.34. The maximum absolute atomic E-state index is 13.8. The monoisotopic (exact) mass is 271 g/mol. The molecule has 0 bridgehead atoms. The minimum atomic E-state index is -0.691. The second-order valence-corrected chi connectivity index (χ2v) is 3.74. The van der Waals surface area contributed by atoms with Crippen LogP contribution in [0.15, 0.2) is 36.9 Å². The van der Waals surface area contributed by atoms with Gasteiger partial charge in [0.2, 0.25) is 0 Å². The molecule has 20 heavy (non-hydrogen) atoms. The lowest BCUT2D eigenvalue weighted by Gasteiger charge is -2.05. The number of hydrogen-bond acceptors (Lipinski definition) is 4. The van der Waals surface area contributed by atoms with Crippen LogP contribution in [0.4, 0.5) is 10.1 Å². The van der Waals surface area contributed by atoms with Crippen molar-refractivity contribution < 1.29 is 14.3 Å². The number of hydrogen-bond donors (Lipinski definition) is 2. The highest BCUT2D eigenvalue weighted by molar-refractivity contribution is 6.04. The van der Waals surface area contributed by atoms with Crippen molar-refractivity contribution in [2.45, 2.75) is 0 Å². The van der Waals surface area contributed by atoms with E-state index < -0.39 is 11.7 Å². The molecular weight excluding hydrogens is 261 g/mol. The maximum atomic E-state index is 13.8. The van der Waals surface area contributed by atoms with E-state index in [4.69, 9.17) is 5.11 Å². The molecule has 6 heteroatoms. The Hall–Kier alpha value is -2.78. The number of aromatic nitrogens is 2. The summed E-state index contributed by atoms with van der Waals surface area (Å²) in [4.78, 5) is 19.4. The number of anilines is 1. The molecule has 1 heterocycles. The third-order valence-corrected chi connectivity index (χ3v) is 2.34. The number of rotatable bonds is 2. The van der Waals surface area contributed by atoms with Crippen molar-refractivity contribution in [3.8, 4) is 11.8 Å². The van der Waals surface area contributed by atoms with Gasteiger partial charge in [0, 0.05) is 5.56 Å². The van der Waals surface area contributed by atoms with E-state index in [2.05, 4.69) is 27.1 Å². The predicted molar refractivity (Wildman–Crippen MR) is 70.3 cm³/mol. The fourth-order valence-electron chi connectivity index (χ4n) is 1.48. The molecule has 1 amide bonds. The predicted octanol–water partition coefficient (Wildman–Crippen LogP) is 1.21. The van der Waals surface area contributed by atoms with Gasteiger partial charge in [-0.2, -0.15) is 0 Å². The van der Waals surface area contributed by atoms with Gasteiger partial charge < -0.3 is 10.4 Å². The molecule has 0 aliphatic rings. The zero-order chi connectivity index (χ0) is 14.4. The first-order valence-corrected chi connectivity index (χ1v) is 5.66. The van der Waals surface area contributed by atoms with Crippen molar-refractivity contribution in [1.29, 1.82) is 0 Å². The normalized spacial score (nSPS) is 9.50. The Morgan fingerprint density at radius 1 is 1.35 bits per heavy atom. The van der Waals surface area contributed by atoms with E-state index in [1.165, 1.54) is 30.9 Å². The van der Waals surface area contributed by atoms with Gasteiger partial charge in [-0.05, 0) is 18.2 Å². The van der Waals surface area contributed by atoms with Crippen molar-refractivity contribution in [3.05, 3.63) is 53.9 Å². The number of amides is 1. The average Bonchev–Trinajstić information content (AvgIpc) is 2.46. The SMILES string of the molecule is O=C(Nc1cncnc1)c1ccc(C#CCO)cc1F. The third kappa shape index (κ3) is 3.37. The van der Waals surface area contributed by atoms with Crippen LogP contribution in [0.5, 0.6) is 0 Å². The van der Waals surface area contributed by atoms with Crippen LogP contribution in [-0.2, 0) is 0 Å². The highest BCUT2D eigenvalue weighted by Gasteiger charge is 2.12. The Bertz CT molecular complexity index is 678. The van der Waals surface area contributed by atoms with Gasteiger partial charge in [-0.1, -0.05) is 11.8 Å². The van der Waals surface area contributed by atoms with Crippen LogP contribution in [0.3, 0.4) is 0 Å². The first-order chi connectivity index (χ1) is 9.70. The largest absolute Gasteiger partial charge is 0.384 e. The number of halogens is 1. The van der Waals surface area contributed by atoms with Crippen LogP contribution in [0.1, 0.15) is 15.9 Å². The van der Waals surface area contributed by atoms with Gasteiger partial charge in [-0.15, -0.1) is 0 Å². The number of aliphatic hydroxyl groups excluding tert-OH is 1. The van der Waals surface area contributed by atoms with E-state index in [0.717, 1.165) is 6.07 Å². The minimum Gasteiger partial charge on any atom is -0.384 e. The van der Waals surface area contributed by atoms with Crippen molar-refractivity contribution in [1.82, 2.24) is 9.97 Å². The molecular formula is C14H10FN3O2. The molecule has 0 atom stereocenters. The van der Waals surface area contributed by atoms with Crippen LogP contribution >= 0.6 is 0 Å². The molecule has 0 fully saturated rings. The number of nitrogens with one attached hydrogen (secondary N) is 1. The van der Waals surface area contributed by atoms with Crippen LogP contribution < -0.4 is 5.32 Å². The first-order valence-electron chi connectivity index (χ1n) is 5.66. The summed E-state index contributed by atoms with van der Waals surface area (Å²) in [6.45, 7) is -0.308. The summed E-state index contributed by atoms with van der Waals surface area (Å²) in [5.41, 5.74) is 0.653. The molecule has 0 saturated carbocycles. The quantitative estimate of drug-likeness (QED) is 0.805. The average molecular weight is 271 g/mol. The summed E-state index contributed by atoms with van der Waals surface area (Å²) in [7, 11) is 0. The first kappa shape index (κ1) is 13.6. The number of aliphatic hydroxyl groups is 1. The summed E-state index contributed by atoms with van der Waals surface area (Å²) < 4.78 is 13.8. The molecule has 0 radical (unpaired) electrons. The van der Waals surface area contributed by atoms with Crippen molar-refractivity contribution in [2.24, 2.45) is 0 Å². The molecule has 0 unspecified atom stereocenters. The molecule has 0 aliphatic carbocycles. The lowest BCUT2D eigenvalue weighted by Crippen LogP contribution is -2.14. The molecule has 0 spiro atoms. The highest BCUT2D eigenvalue weighted by Crippen LogP contribution is 2.12. The molecule has 0 aliphatic heterocycles. The summed E-state index contributed by atoms with van der Waals surface area (Å²) in [5.74, 6) is 3.67. The Labute approximate surface area is 114 Å². The number of carbonyl (C=O) groups is 1. The van der Waals surface area contributed by atoms with Gasteiger partial charge in [-0.25, -0.2) is 14.4 Å². The van der Waals surface area contributed by atoms with Crippen LogP contribution in [0.2, 0.25) is 0 Å². The highest BCUT2D eigenvalue weighted by atomic mass is 19.1. The maximum Gasteiger partial charge on any atom is 0.258 e. The Morgan fingerprint density at radius 2 is 2.10 bits per heavy atom. The molecule has 5 nitrogen and oxygen atoms in total. The van der Waals surface area contributed by atoms with Gasteiger partial charge in [0.15, 0.2) is 0 Å². The van der Waals surface area contributed by atoms with Crippen molar-refractivity contribution in [2.75, 3.05) is 11.9 Å². The Morgan fingerprint density at radius 3 is 2.75 bits per heavy atom. The Kier molecular flexibility index (Phi) is 4.37. The van der Waals surface area contributed by atoms with Crippen LogP contribution in [-0.4, -0.2) is 27.6 Å². The van der Waals surface area contributed by atoms with Crippen molar-refractivity contribution in [3.63, 3.8) is 0 Å². The molecule has 0 saturated heterocycles. The molecule has 2 aromatic rings. The standard InChI is InChI=1S/C14H10FN3O2/c15-13-6-10(2-1-5-19)3-4-12(13)14(20)18-11-7-16-9-17-8-11/h3-4,6-9,19H,5H2,(H,18,20). The van der Waals surface area contributed by atoms with E-state index in [0.29, 0.717) is 11.3 Å². The second kappa shape index (κ2) is 6.41. The van der Waals surface area contributed by atoms with Crippen LogP contribution in [0, 0.1) is 17.7 Å². The minimum absolute atomic E-state index is 0.108. The van der Waals surface area contributed by atoms with Crippen LogP contribution in [0.25, 0.3) is 0 Å². The molecule has 100 valence electrons. The van der Waals surface area contributed by atoms with E-state index in [1.54, 1.807) is 0 Å². The van der Waals surface area contributed by atoms with Gasteiger partial charge >= 0.3 is 0 Å². The molecule has 1 aromatic carbocycles. The van der Waals surface area contributed by atoms with E-state index >= 15 is 0 Å². The van der Waals surface area contributed by atoms with E-state index in [-0.39, 0.29) is 12.2 Å². The zero-order valence-corrected chi connectivity index (χ0v) is 10.3. The fourth-order valence-corrected chi connectivity index (χ4v) is 1.48. The molecule has 2 rings (SSSR count). The van der Waals surface area contributed by atoms with E-state index in [9.17, 15) is 9.18 Å². The van der Waals surface area contributed by atoms with Gasteiger partial charge in [0.05, 0.1) is 23.6 Å². The van der Waals surface area contributed by atoms with Gasteiger partial charge in [-0.3, -0.25) is 4.79 Å². The fraction of sp³-hybridized carbons (Fsp3) is 0.0714. The summed E-state index contributed by atoms with van der Waals surface area (Å²) >= 11 is 0. The summed E-state index contributed by atoms with van der Waals surface area (Å²) in [6.07, 6.45) is 4.14. The summed E-state index contributed by atoms with van der Waals surface area (Å²) in [5, 5.41) is 11.0. The van der Waals surface area contributed by atoms with Crippen molar-refractivity contribution >= 4 is 11.6 Å². The molecule has 2 N–H and O–H groups in total.